The fourth-order valence-electron chi connectivity index (χ4n) is 6.19. The monoisotopic (exact) mass is 534 g/mol. The van der Waals surface area contributed by atoms with Gasteiger partial charge in [-0.15, -0.1) is 0 Å². The Bertz CT molecular complexity index is 1440. The maximum absolute atomic E-state index is 11.4. The molecule has 0 amide bonds. The zero-order chi connectivity index (χ0) is 26.6. The van der Waals surface area contributed by atoms with Crippen molar-refractivity contribution in [2.45, 2.75) is 63.6 Å². The van der Waals surface area contributed by atoms with Gasteiger partial charge in [-0.1, -0.05) is 29.8 Å². The average molecular weight is 535 g/mol. The van der Waals surface area contributed by atoms with E-state index in [2.05, 4.69) is 4.90 Å². The predicted octanol–water partition coefficient (Wildman–Crippen LogP) is 6.90. The first-order valence-corrected chi connectivity index (χ1v) is 13.6. The van der Waals surface area contributed by atoms with E-state index in [0.29, 0.717) is 33.8 Å². The van der Waals surface area contributed by atoms with E-state index in [0.717, 1.165) is 55.2 Å². The van der Waals surface area contributed by atoms with Crippen molar-refractivity contribution in [3.8, 4) is 0 Å². The fraction of sp³-hybridized carbons (Fsp3) is 0.400. The van der Waals surface area contributed by atoms with Crippen LogP contribution in [0.15, 0.2) is 58.2 Å². The van der Waals surface area contributed by atoms with Crippen LogP contribution in [0.1, 0.15) is 60.2 Å². The van der Waals surface area contributed by atoms with E-state index in [-0.39, 0.29) is 35.9 Å². The Morgan fingerprint density at radius 3 is 2.47 bits per heavy atom. The van der Waals surface area contributed by atoms with Gasteiger partial charge in [-0.2, -0.15) is 0 Å². The third-order valence-electron chi connectivity index (χ3n) is 8.30. The molecular formula is C30H31ClN2O5. The molecule has 2 saturated heterocycles. The molecule has 2 bridgehead atoms. The minimum absolute atomic E-state index is 0.0290. The second-order valence-electron chi connectivity index (χ2n) is 10.7. The number of ether oxygens (including phenoxy) is 1. The predicted molar refractivity (Wildman–Crippen MR) is 147 cm³/mol. The molecule has 3 heterocycles. The molecule has 0 radical (unpaired) electrons. The van der Waals surface area contributed by atoms with Crippen molar-refractivity contribution in [3.63, 3.8) is 0 Å². The summed E-state index contributed by atoms with van der Waals surface area (Å²) in [5.74, 6) is -0.739. The normalized spacial score (nSPS) is 23.5. The molecule has 2 aromatic carbocycles. The van der Waals surface area contributed by atoms with Crippen molar-refractivity contribution in [2.24, 2.45) is 5.92 Å². The molecule has 198 valence electrons. The number of nitrogens with zero attached hydrogens (tertiary/aromatic N) is 1. The number of fused-ring (bicyclic) bond motifs is 3. The molecule has 38 heavy (non-hydrogen) atoms. The van der Waals surface area contributed by atoms with Gasteiger partial charge in [-0.25, -0.2) is 4.79 Å². The lowest BCUT2D eigenvalue weighted by atomic mass is 9.96. The SMILES string of the molecule is Cc1c(N2C3CC[C@H]2CC(OC/C(C(=N)c2ccccc2Cl)=C(/O)C2CC2)C3)ccc2oc(C(=O)O)cc12. The van der Waals surface area contributed by atoms with Gasteiger partial charge in [0, 0.05) is 45.2 Å². The number of furan rings is 1. The number of anilines is 1. The molecule has 1 saturated carbocycles. The molecule has 1 aromatic heterocycles. The van der Waals surface area contributed by atoms with E-state index in [1.807, 2.05) is 37.3 Å². The summed E-state index contributed by atoms with van der Waals surface area (Å²) in [6.45, 7) is 2.22. The molecule has 3 fully saturated rings. The van der Waals surface area contributed by atoms with Gasteiger partial charge >= 0.3 is 5.97 Å². The lowest BCUT2D eigenvalue weighted by Gasteiger charge is -2.41. The number of aliphatic hydroxyl groups is 1. The highest BCUT2D eigenvalue weighted by Gasteiger charge is 2.42. The minimum atomic E-state index is -1.07. The number of piperidine rings is 1. The molecule has 3 aliphatic rings. The van der Waals surface area contributed by atoms with E-state index in [1.165, 1.54) is 0 Å². The third-order valence-corrected chi connectivity index (χ3v) is 8.63. The Labute approximate surface area is 226 Å². The molecule has 3 N–H and O–H groups in total. The van der Waals surface area contributed by atoms with Crippen LogP contribution in [-0.2, 0) is 4.74 Å². The number of aromatic carboxylic acids is 1. The van der Waals surface area contributed by atoms with Crippen LogP contribution in [0.3, 0.4) is 0 Å². The first-order chi connectivity index (χ1) is 18.3. The molecule has 1 aliphatic carbocycles. The van der Waals surface area contributed by atoms with Crippen LogP contribution in [0.5, 0.6) is 0 Å². The molecule has 0 spiro atoms. The molecule has 3 aromatic rings. The van der Waals surface area contributed by atoms with Crippen molar-refractivity contribution >= 4 is 39.9 Å². The Kier molecular flexibility index (Phi) is 6.44. The number of aryl methyl sites for hydroxylation is 1. The largest absolute Gasteiger partial charge is 0.512 e. The van der Waals surface area contributed by atoms with Gasteiger partial charge in [0.1, 0.15) is 11.3 Å². The number of carbonyl (C=O) groups is 1. The Balaban J connectivity index is 1.19. The van der Waals surface area contributed by atoms with E-state index in [4.69, 9.17) is 26.2 Å². The molecule has 2 unspecified atom stereocenters. The zero-order valence-electron chi connectivity index (χ0n) is 21.2. The molecule has 2 aliphatic heterocycles. The van der Waals surface area contributed by atoms with Crippen LogP contribution in [0.2, 0.25) is 5.02 Å². The first-order valence-electron chi connectivity index (χ1n) is 13.2. The van der Waals surface area contributed by atoms with Gasteiger partial charge in [0.2, 0.25) is 5.76 Å². The van der Waals surface area contributed by atoms with Crippen LogP contribution in [0, 0.1) is 18.3 Å². The van der Waals surface area contributed by atoms with Gasteiger partial charge in [0.05, 0.1) is 18.4 Å². The summed E-state index contributed by atoms with van der Waals surface area (Å²) in [6, 6.07) is 13.4. The second-order valence-corrected chi connectivity index (χ2v) is 11.1. The number of allylic oxidation sites excluding steroid dienone is 1. The standard InChI is InChI=1S/C30H31ClN2O5/c1-16-22-14-27(30(35)36)38-26(22)11-10-25(16)33-18-8-9-19(33)13-20(12-18)37-15-23(29(34)17-6-7-17)28(32)21-4-2-3-5-24(21)31/h2-5,10-11,14,17-20,32,34H,6-9,12-13,15H2,1H3,(H,35,36)/b29-23-,32-28?/t18-,19?,20?/m0/s1. The van der Waals surface area contributed by atoms with Crippen LogP contribution < -0.4 is 4.90 Å². The number of hydrogen-bond donors (Lipinski definition) is 3. The Morgan fingerprint density at radius 2 is 1.82 bits per heavy atom. The summed E-state index contributed by atoms with van der Waals surface area (Å²) >= 11 is 6.37. The highest BCUT2D eigenvalue weighted by Crippen LogP contribution is 2.43. The van der Waals surface area contributed by atoms with Crippen molar-refractivity contribution in [1.29, 1.82) is 5.41 Å². The quantitative estimate of drug-likeness (QED) is 0.214. The molecular weight excluding hydrogens is 504 g/mol. The lowest BCUT2D eigenvalue weighted by molar-refractivity contribution is 0.0410. The maximum atomic E-state index is 11.4. The number of benzene rings is 2. The van der Waals surface area contributed by atoms with Gasteiger partial charge in [-0.3, -0.25) is 5.41 Å². The number of hydrogen-bond acceptors (Lipinski definition) is 6. The first kappa shape index (κ1) is 25.0. The number of halogens is 1. The van der Waals surface area contributed by atoms with Crippen molar-refractivity contribution in [2.75, 3.05) is 11.5 Å². The smallest absolute Gasteiger partial charge is 0.371 e. The van der Waals surface area contributed by atoms with E-state index >= 15 is 0 Å². The maximum Gasteiger partial charge on any atom is 0.371 e. The van der Waals surface area contributed by atoms with Gasteiger partial charge in [0.15, 0.2) is 0 Å². The van der Waals surface area contributed by atoms with E-state index in [1.54, 1.807) is 12.1 Å². The average Bonchev–Trinajstić information content (AvgIpc) is 3.60. The number of carboxylic acid groups (broad SMARTS) is 1. The highest BCUT2D eigenvalue weighted by atomic mass is 35.5. The second kappa shape index (κ2) is 9.79. The van der Waals surface area contributed by atoms with Crippen molar-refractivity contribution in [3.05, 3.63) is 75.7 Å². The van der Waals surface area contributed by atoms with Crippen LogP contribution >= 0.6 is 11.6 Å². The summed E-state index contributed by atoms with van der Waals surface area (Å²) < 4.78 is 11.9. The van der Waals surface area contributed by atoms with Crippen molar-refractivity contribution < 1.29 is 24.2 Å². The van der Waals surface area contributed by atoms with Gasteiger partial charge < -0.3 is 24.3 Å². The lowest BCUT2D eigenvalue weighted by Crippen LogP contribution is -2.46. The van der Waals surface area contributed by atoms with Crippen molar-refractivity contribution in [1.82, 2.24) is 0 Å². The Morgan fingerprint density at radius 1 is 1.11 bits per heavy atom. The van der Waals surface area contributed by atoms with E-state index < -0.39 is 5.97 Å². The van der Waals surface area contributed by atoms with Gasteiger partial charge in [-0.05, 0) is 75.3 Å². The van der Waals surface area contributed by atoms with Gasteiger partial charge in [0.25, 0.3) is 0 Å². The number of carboxylic acids is 1. The minimum Gasteiger partial charge on any atom is -0.512 e. The summed E-state index contributed by atoms with van der Waals surface area (Å²) in [6.07, 6.45) is 5.75. The Hall–Kier alpha value is -3.29. The van der Waals surface area contributed by atoms with E-state index in [9.17, 15) is 15.0 Å². The van der Waals surface area contributed by atoms with Crippen LogP contribution in [0.25, 0.3) is 11.0 Å². The molecule has 8 heteroatoms. The number of rotatable bonds is 8. The zero-order valence-corrected chi connectivity index (χ0v) is 22.0. The summed E-state index contributed by atoms with van der Waals surface area (Å²) in [5.41, 5.74) is 4.10. The summed E-state index contributed by atoms with van der Waals surface area (Å²) in [7, 11) is 0. The van der Waals surface area contributed by atoms with Crippen LogP contribution in [0.4, 0.5) is 5.69 Å². The summed E-state index contributed by atoms with van der Waals surface area (Å²) in [5, 5.41) is 30.4. The molecule has 7 nitrogen and oxygen atoms in total. The fourth-order valence-corrected chi connectivity index (χ4v) is 6.42. The molecule has 3 atom stereocenters. The topological polar surface area (TPSA) is 107 Å². The summed E-state index contributed by atoms with van der Waals surface area (Å²) in [4.78, 5) is 13.9. The van der Waals surface area contributed by atoms with Crippen LogP contribution in [-0.4, -0.2) is 46.7 Å². The number of nitrogens with one attached hydrogen (secondary N) is 1. The number of aliphatic hydroxyl groups excluding tert-OH is 1. The molecule has 6 rings (SSSR count). The third kappa shape index (κ3) is 4.48. The highest BCUT2D eigenvalue weighted by molar-refractivity contribution is 6.35.